The van der Waals surface area contributed by atoms with Crippen LogP contribution in [0.15, 0.2) is 479 Å². The van der Waals surface area contributed by atoms with Crippen LogP contribution in [0.1, 0.15) is 11.1 Å². The van der Waals surface area contributed by atoms with Crippen molar-refractivity contribution in [3.8, 4) is 0 Å². The quantitative estimate of drug-likeness (QED) is 0.118. The van der Waals surface area contributed by atoms with Crippen molar-refractivity contribution in [2.45, 2.75) is 72.8 Å². The van der Waals surface area contributed by atoms with Gasteiger partial charge >= 0.3 is 0 Å². The van der Waals surface area contributed by atoms with Crippen molar-refractivity contribution < 1.29 is 0 Å². The van der Waals surface area contributed by atoms with Gasteiger partial charge < -0.3 is 39.2 Å². The standard InChI is InChI=1S/2C34H31BN2Si.C33H29BN2Si.C30H21BN2/c1-24-21-32-34-33(22-24)37(26-15-9-6-10-16-26)31-20-19-27(38(2,3)4)23-29(31)35(34)28-17-11-12-18-30(28)36(32)25-13-7-5-8-14-25;1-24-22-32-34-33(23-24)37(26-18-20-27(21-19-26)38(2,3)4)31-17-11-9-15-29(31)35(34)28-14-8-10-16-30(28)36(32)25-12-6-5-7-13-25;1-37(2,3)26-22-31-33-32(23-26)36(25-16-8-5-9-17-25)30-21-13-11-19-28(30)34(33)27-18-10-12-20-29(27)35(31)24-14-6-4-7-15-24;1-3-12-22(13-4-1)32-26-18-9-7-16-24(26)31-25-17-8-10-19-27(25)33(23-14-5-2-6-15-23)29-21-11-20-28(32)30(29)31/h2*5-23H,1-4H3;4-23H,1-3H3;1-21H. The van der Waals surface area contributed by atoms with Crippen LogP contribution in [0.2, 0.25) is 58.9 Å². The lowest BCUT2D eigenvalue weighted by molar-refractivity contribution is 1.24. The molecule has 15 heteroatoms. The molecule has 0 saturated carbocycles. The molecule has 20 aromatic carbocycles. The van der Waals surface area contributed by atoms with E-state index in [1.54, 1.807) is 0 Å². The molecule has 8 aliphatic rings. The summed E-state index contributed by atoms with van der Waals surface area (Å²) >= 11 is 0. The first-order valence-electron chi connectivity index (χ1n) is 51.5. The fraction of sp³-hybridized carbons (Fsp3) is 0.0840. The molecular formula is C131H112B4N8Si3. The second-order valence-electron chi connectivity index (χ2n) is 42.8. The Balaban J connectivity index is 0.000000102. The average molecular weight is 1930 g/mol. The van der Waals surface area contributed by atoms with Crippen LogP contribution in [0, 0.1) is 13.8 Å². The van der Waals surface area contributed by atoms with Gasteiger partial charge in [0.25, 0.3) is 26.9 Å². The van der Waals surface area contributed by atoms with Crippen LogP contribution in [0.25, 0.3) is 0 Å². The third-order valence-corrected chi connectivity index (χ3v) is 36.8. The lowest BCUT2D eigenvalue weighted by atomic mass is 9.33. The Morgan fingerprint density at radius 1 is 0.137 bits per heavy atom. The van der Waals surface area contributed by atoms with Crippen LogP contribution >= 0.6 is 0 Å². The van der Waals surface area contributed by atoms with Gasteiger partial charge in [0, 0.05) is 136 Å². The zero-order valence-electron chi connectivity index (χ0n) is 84.5. The molecule has 8 aliphatic heterocycles. The molecule has 8 heterocycles. The van der Waals surface area contributed by atoms with Gasteiger partial charge in [-0.15, -0.1) is 0 Å². The monoisotopic (exact) mass is 1920 g/mol. The van der Waals surface area contributed by atoms with E-state index in [0.717, 1.165) is 0 Å². The molecule has 700 valence electrons. The van der Waals surface area contributed by atoms with Gasteiger partial charge in [-0.25, -0.2) is 0 Å². The fourth-order valence-electron chi connectivity index (χ4n) is 24.1. The minimum absolute atomic E-state index is 0.183. The Bertz CT molecular complexity index is 8160. The molecule has 28 rings (SSSR count). The first kappa shape index (κ1) is 90.9. The maximum Gasteiger partial charge on any atom is 0.252 e. The van der Waals surface area contributed by atoms with Gasteiger partial charge in [0.2, 0.25) is 0 Å². The number of anilines is 24. The molecule has 0 unspecified atom stereocenters. The van der Waals surface area contributed by atoms with Crippen molar-refractivity contribution in [2.75, 3.05) is 39.2 Å². The Kier molecular flexibility index (Phi) is 22.8. The van der Waals surface area contributed by atoms with Gasteiger partial charge in [0.1, 0.15) is 0 Å². The molecule has 0 amide bonds. The smallest absolute Gasteiger partial charge is 0.252 e. The number of hydrogen-bond donors (Lipinski definition) is 0. The van der Waals surface area contributed by atoms with E-state index >= 15 is 0 Å². The Hall–Kier alpha value is -16.3. The van der Waals surface area contributed by atoms with Gasteiger partial charge in [-0.05, 0) is 285 Å². The SMILES string of the molecule is C[Si](C)(C)c1cc2c3c(c1)N(c1ccccc1)c1ccccc1B3c1ccccc1N2c1ccccc1.Cc1cc2c3c(c1)N(c1ccc([Si](C)(C)C)cc1)c1ccccc1B3c1ccccc1N2c1ccccc1.Cc1cc2c3c(c1)N(c1ccccc1)c1ccc([Si](C)(C)C)cc1B3c1ccccc1N2c1ccccc1.c1ccc(N2c3ccccc3B3c4ccccc4N(c4ccccc4)c4cccc2c43)cc1. The maximum atomic E-state index is 2.53. The average Bonchev–Trinajstić information content (AvgIpc) is 0.719. The lowest BCUT2D eigenvalue weighted by Gasteiger charge is -2.45. The summed E-state index contributed by atoms with van der Waals surface area (Å²) in [5.41, 5.74) is 48.9. The zero-order chi connectivity index (χ0) is 99.0. The van der Waals surface area contributed by atoms with Crippen molar-refractivity contribution in [3.63, 3.8) is 0 Å². The highest BCUT2D eigenvalue weighted by molar-refractivity contribution is 7.03. The topological polar surface area (TPSA) is 25.9 Å². The van der Waals surface area contributed by atoms with Crippen molar-refractivity contribution in [2.24, 2.45) is 0 Å². The number of fused-ring (bicyclic) bond motifs is 16. The largest absolute Gasteiger partial charge is 0.311 e. The summed E-state index contributed by atoms with van der Waals surface area (Å²) in [6, 6.07) is 176. The van der Waals surface area contributed by atoms with E-state index in [1.165, 1.54) is 229 Å². The summed E-state index contributed by atoms with van der Waals surface area (Å²) in [4.78, 5) is 19.7. The van der Waals surface area contributed by atoms with E-state index in [1.807, 2.05) is 0 Å². The summed E-state index contributed by atoms with van der Waals surface area (Å²) in [5.74, 6) is 0. The normalized spacial score (nSPS) is 13.6. The maximum absolute atomic E-state index is 2.53. The van der Waals surface area contributed by atoms with Gasteiger partial charge in [0.05, 0.1) is 24.2 Å². The minimum atomic E-state index is -1.64. The molecule has 0 saturated heterocycles. The van der Waals surface area contributed by atoms with E-state index in [0.29, 0.717) is 0 Å². The molecule has 20 aromatic rings. The minimum Gasteiger partial charge on any atom is -0.311 e. The van der Waals surface area contributed by atoms with Crippen LogP contribution < -0.4 is 120 Å². The number of rotatable bonds is 11. The van der Waals surface area contributed by atoms with E-state index in [4.69, 9.17) is 0 Å². The number of benzene rings is 20. The van der Waals surface area contributed by atoms with Gasteiger partial charge in [-0.1, -0.05) is 360 Å². The third kappa shape index (κ3) is 15.5. The van der Waals surface area contributed by atoms with Crippen LogP contribution in [-0.4, -0.2) is 51.1 Å². The van der Waals surface area contributed by atoms with Gasteiger partial charge in [-0.3, -0.25) is 0 Å². The van der Waals surface area contributed by atoms with Crippen LogP contribution in [-0.2, 0) is 0 Å². The van der Waals surface area contributed by atoms with Crippen molar-refractivity contribution in [1.29, 1.82) is 0 Å². The second kappa shape index (κ2) is 36.5. The van der Waals surface area contributed by atoms with Gasteiger partial charge in [0.15, 0.2) is 0 Å². The number of para-hydroxylation sites is 14. The number of aryl methyl sites for hydroxylation is 2. The summed E-state index contributed by atoms with van der Waals surface area (Å²) in [6.07, 6.45) is 0. The fourth-order valence-corrected chi connectivity index (χ4v) is 27.6. The van der Waals surface area contributed by atoms with Crippen LogP contribution in [0.3, 0.4) is 0 Å². The second-order valence-corrected chi connectivity index (χ2v) is 58.1. The highest BCUT2D eigenvalue weighted by Crippen LogP contribution is 2.51. The molecule has 0 bridgehead atoms. The Morgan fingerprint density at radius 2 is 0.315 bits per heavy atom. The Morgan fingerprint density at radius 3 is 0.555 bits per heavy atom. The third-order valence-electron chi connectivity index (χ3n) is 30.7. The lowest BCUT2D eigenvalue weighted by Crippen LogP contribution is -2.62. The molecule has 0 spiro atoms. The van der Waals surface area contributed by atoms with Crippen LogP contribution in [0.4, 0.5) is 136 Å². The highest BCUT2D eigenvalue weighted by Gasteiger charge is 2.50. The van der Waals surface area contributed by atoms with E-state index in [2.05, 4.69) is 591 Å². The Labute approximate surface area is 864 Å². The van der Waals surface area contributed by atoms with Crippen molar-refractivity contribution >= 4 is 269 Å². The number of hydrogen-bond acceptors (Lipinski definition) is 8. The molecule has 0 atom stereocenters. The van der Waals surface area contributed by atoms with Crippen molar-refractivity contribution in [1.82, 2.24) is 0 Å². The number of nitrogens with zero attached hydrogens (tertiary/aromatic N) is 8. The molecule has 0 N–H and O–H groups in total. The van der Waals surface area contributed by atoms with E-state index < -0.39 is 24.2 Å². The molecular weight excluding hydrogens is 1810 g/mol. The van der Waals surface area contributed by atoms with Gasteiger partial charge in [-0.2, -0.15) is 0 Å². The molecule has 146 heavy (non-hydrogen) atoms. The van der Waals surface area contributed by atoms with E-state index in [9.17, 15) is 0 Å². The van der Waals surface area contributed by atoms with E-state index in [-0.39, 0.29) is 26.9 Å². The zero-order valence-corrected chi connectivity index (χ0v) is 87.5. The first-order valence-corrected chi connectivity index (χ1v) is 62.0. The van der Waals surface area contributed by atoms with Crippen LogP contribution in [0.5, 0.6) is 0 Å². The molecule has 0 aromatic heterocycles. The summed E-state index contributed by atoms with van der Waals surface area (Å²) in [6.45, 7) is 27.1. The summed E-state index contributed by atoms with van der Waals surface area (Å²) in [7, 11) is -4.54. The highest BCUT2D eigenvalue weighted by atomic mass is 28.3. The predicted octanol–water partition coefficient (Wildman–Crippen LogP) is 25.3. The predicted molar refractivity (Wildman–Crippen MR) is 640 cm³/mol. The molecule has 0 radical (unpaired) electrons. The molecule has 8 nitrogen and oxygen atoms in total. The first-order chi connectivity index (χ1) is 71.3. The van der Waals surface area contributed by atoms with Crippen molar-refractivity contribution in [3.05, 3.63) is 490 Å². The summed E-state index contributed by atoms with van der Waals surface area (Å²) < 4.78 is 0. The molecule has 0 aliphatic carbocycles. The summed E-state index contributed by atoms with van der Waals surface area (Å²) in [5, 5.41) is 4.46. The molecule has 0 fully saturated rings.